The number of H-pyrrole nitrogens is 1. The number of nitro groups is 1. The van der Waals surface area contributed by atoms with Crippen molar-refractivity contribution in [2.24, 2.45) is 0 Å². The summed E-state index contributed by atoms with van der Waals surface area (Å²) >= 11 is 0. The molecule has 1 N–H and O–H groups in total. The van der Waals surface area contributed by atoms with Crippen LogP contribution in [-0.2, 0) is 6.42 Å². The molecule has 12 heavy (non-hydrogen) atoms. The molecule has 0 saturated heterocycles. The highest BCUT2D eigenvalue weighted by atomic mass is 16.6. The van der Waals surface area contributed by atoms with Crippen molar-refractivity contribution in [3.8, 4) is 0 Å². The topological polar surface area (TPSA) is 58.9 Å². The van der Waals surface area contributed by atoms with Gasteiger partial charge < -0.3 is 10.1 Å². The van der Waals surface area contributed by atoms with E-state index < -0.39 is 0 Å². The Morgan fingerprint density at radius 1 is 1.67 bits per heavy atom. The second-order valence-corrected chi connectivity index (χ2v) is 2.71. The highest BCUT2D eigenvalue weighted by Gasteiger charge is 2.11. The lowest BCUT2D eigenvalue weighted by molar-refractivity contribution is -0.389. The fourth-order valence-corrected chi connectivity index (χ4v) is 1.13. The number of aromatic amines is 1. The molecule has 0 spiro atoms. The van der Waals surface area contributed by atoms with Gasteiger partial charge in [0.15, 0.2) is 0 Å². The zero-order chi connectivity index (χ0) is 8.97. The monoisotopic (exact) mass is 168 g/mol. The van der Waals surface area contributed by atoms with Gasteiger partial charge in [-0.25, -0.2) is 4.98 Å². The van der Waals surface area contributed by atoms with Crippen molar-refractivity contribution >= 4 is 5.82 Å². The van der Waals surface area contributed by atoms with Crippen LogP contribution in [-0.4, -0.2) is 9.91 Å². The Balaban J connectivity index is 2.70. The Bertz CT molecular complexity index is 268. The van der Waals surface area contributed by atoms with Gasteiger partial charge in [0.1, 0.15) is 0 Å². The van der Waals surface area contributed by atoms with Gasteiger partial charge in [0, 0.05) is 5.56 Å². The predicted octanol–water partition coefficient (Wildman–Crippen LogP) is 2.27. The SMILES string of the molecule is CCCCc1cc[nH]c1[N+](=O)[O-]. The number of rotatable bonds is 4. The number of aryl methyl sites for hydroxylation is 1. The fraction of sp³-hybridized carbons (Fsp3) is 0.500. The normalized spacial score (nSPS) is 10.1. The van der Waals surface area contributed by atoms with Gasteiger partial charge >= 0.3 is 5.82 Å². The molecule has 1 heterocycles. The van der Waals surface area contributed by atoms with Crippen molar-refractivity contribution in [3.05, 3.63) is 27.9 Å². The first-order valence-corrected chi connectivity index (χ1v) is 4.06. The van der Waals surface area contributed by atoms with Crippen molar-refractivity contribution in [2.45, 2.75) is 26.2 Å². The maximum absolute atomic E-state index is 10.4. The van der Waals surface area contributed by atoms with E-state index in [-0.39, 0.29) is 10.7 Å². The summed E-state index contributed by atoms with van der Waals surface area (Å²) in [6, 6.07) is 1.77. The van der Waals surface area contributed by atoms with E-state index in [1.54, 1.807) is 12.3 Å². The molecule has 0 unspecified atom stereocenters. The average Bonchev–Trinajstić information content (AvgIpc) is 2.48. The molecule has 0 aliphatic heterocycles. The molecular formula is C8H12N2O2. The zero-order valence-electron chi connectivity index (χ0n) is 7.04. The number of hydrogen-bond donors (Lipinski definition) is 1. The summed E-state index contributed by atoms with van der Waals surface area (Å²) in [6.45, 7) is 2.07. The Morgan fingerprint density at radius 2 is 2.42 bits per heavy atom. The number of hydrogen-bond acceptors (Lipinski definition) is 2. The van der Waals surface area contributed by atoms with Crippen molar-refractivity contribution in [3.63, 3.8) is 0 Å². The number of nitrogens with zero attached hydrogens (tertiary/aromatic N) is 1. The molecule has 0 aliphatic rings. The molecule has 4 heteroatoms. The summed E-state index contributed by atoms with van der Waals surface area (Å²) in [5, 5.41) is 10.4. The molecule has 0 radical (unpaired) electrons. The van der Waals surface area contributed by atoms with Crippen LogP contribution in [0.5, 0.6) is 0 Å². The van der Waals surface area contributed by atoms with Gasteiger partial charge in [-0.05, 0) is 23.8 Å². The summed E-state index contributed by atoms with van der Waals surface area (Å²) in [4.78, 5) is 12.7. The largest absolute Gasteiger partial charge is 0.358 e. The third-order valence-electron chi connectivity index (χ3n) is 1.79. The van der Waals surface area contributed by atoms with Gasteiger partial charge in [0.25, 0.3) is 0 Å². The van der Waals surface area contributed by atoms with Gasteiger partial charge in [-0.2, -0.15) is 0 Å². The molecule has 66 valence electrons. The smallest absolute Gasteiger partial charge is 0.324 e. The first-order valence-electron chi connectivity index (χ1n) is 4.06. The quantitative estimate of drug-likeness (QED) is 0.553. The lowest BCUT2D eigenvalue weighted by atomic mass is 10.1. The Kier molecular flexibility index (Phi) is 2.85. The molecule has 0 aliphatic carbocycles. The second kappa shape index (κ2) is 3.90. The summed E-state index contributed by atoms with van der Waals surface area (Å²) in [5.74, 6) is 0.142. The van der Waals surface area contributed by atoms with Crippen LogP contribution in [0.3, 0.4) is 0 Å². The maximum atomic E-state index is 10.4. The first-order chi connectivity index (χ1) is 5.75. The van der Waals surface area contributed by atoms with Crippen molar-refractivity contribution in [1.82, 2.24) is 4.98 Å². The van der Waals surface area contributed by atoms with Crippen LogP contribution >= 0.6 is 0 Å². The van der Waals surface area contributed by atoms with E-state index in [1.807, 2.05) is 0 Å². The highest BCUT2D eigenvalue weighted by Crippen LogP contribution is 2.17. The average molecular weight is 168 g/mol. The van der Waals surface area contributed by atoms with Gasteiger partial charge in [0.2, 0.25) is 0 Å². The Labute approximate surface area is 70.8 Å². The molecule has 0 atom stereocenters. The minimum atomic E-state index is -0.370. The minimum Gasteiger partial charge on any atom is -0.358 e. The molecule has 1 aromatic rings. The molecule has 0 aromatic carbocycles. The standard InChI is InChI=1S/C8H12N2O2/c1-2-3-4-7-5-6-9-8(7)10(11)12/h5-6,9H,2-4H2,1H3. The molecule has 0 fully saturated rings. The third-order valence-corrected chi connectivity index (χ3v) is 1.79. The van der Waals surface area contributed by atoms with Crippen molar-refractivity contribution < 1.29 is 4.92 Å². The van der Waals surface area contributed by atoms with Gasteiger partial charge in [-0.15, -0.1) is 0 Å². The Morgan fingerprint density at radius 3 is 3.00 bits per heavy atom. The van der Waals surface area contributed by atoms with E-state index >= 15 is 0 Å². The molecule has 0 saturated carbocycles. The van der Waals surface area contributed by atoms with Crippen LogP contribution in [0.2, 0.25) is 0 Å². The van der Waals surface area contributed by atoms with Crippen LogP contribution in [0.1, 0.15) is 25.3 Å². The van der Waals surface area contributed by atoms with Crippen molar-refractivity contribution in [2.75, 3.05) is 0 Å². The van der Waals surface area contributed by atoms with Crippen LogP contribution in [0.4, 0.5) is 5.82 Å². The molecule has 4 nitrogen and oxygen atoms in total. The third kappa shape index (κ3) is 1.84. The lowest BCUT2D eigenvalue weighted by Crippen LogP contribution is -1.93. The van der Waals surface area contributed by atoms with E-state index in [1.165, 1.54) is 0 Å². The summed E-state index contributed by atoms with van der Waals surface area (Å²) in [5.41, 5.74) is 0.807. The Hall–Kier alpha value is -1.32. The number of nitrogens with one attached hydrogen (secondary N) is 1. The van der Waals surface area contributed by atoms with Crippen molar-refractivity contribution in [1.29, 1.82) is 0 Å². The molecule has 1 rings (SSSR count). The maximum Gasteiger partial charge on any atom is 0.324 e. The van der Waals surface area contributed by atoms with Crippen LogP contribution in [0.15, 0.2) is 12.3 Å². The zero-order valence-corrected chi connectivity index (χ0v) is 7.04. The molecular weight excluding hydrogens is 156 g/mol. The number of unbranched alkanes of at least 4 members (excludes halogenated alkanes) is 1. The van der Waals surface area contributed by atoms with E-state index in [0.29, 0.717) is 0 Å². The fourth-order valence-electron chi connectivity index (χ4n) is 1.13. The summed E-state index contributed by atoms with van der Waals surface area (Å²) in [6.07, 6.45) is 4.46. The van der Waals surface area contributed by atoms with E-state index in [0.717, 1.165) is 24.8 Å². The minimum absolute atomic E-state index is 0.142. The number of aromatic nitrogens is 1. The van der Waals surface area contributed by atoms with Crippen LogP contribution in [0.25, 0.3) is 0 Å². The molecule has 0 bridgehead atoms. The van der Waals surface area contributed by atoms with E-state index in [9.17, 15) is 10.1 Å². The van der Waals surface area contributed by atoms with Gasteiger partial charge in [0.05, 0.1) is 6.20 Å². The summed E-state index contributed by atoms with van der Waals surface area (Å²) < 4.78 is 0. The second-order valence-electron chi connectivity index (χ2n) is 2.71. The predicted molar refractivity (Wildman–Crippen MR) is 46.1 cm³/mol. The van der Waals surface area contributed by atoms with E-state index in [2.05, 4.69) is 11.9 Å². The van der Waals surface area contributed by atoms with E-state index in [4.69, 9.17) is 0 Å². The van der Waals surface area contributed by atoms with Crippen LogP contribution in [0, 0.1) is 10.1 Å². The first kappa shape index (κ1) is 8.77. The summed E-state index contributed by atoms with van der Waals surface area (Å²) in [7, 11) is 0. The van der Waals surface area contributed by atoms with Gasteiger partial charge in [-0.3, -0.25) is 0 Å². The van der Waals surface area contributed by atoms with Crippen LogP contribution < -0.4 is 0 Å². The molecule has 1 aromatic heterocycles. The molecule has 0 amide bonds. The lowest BCUT2D eigenvalue weighted by Gasteiger charge is -1.96. The van der Waals surface area contributed by atoms with Gasteiger partial charge in [-0.1, -0.05) is 13.3 Å². The highest BCUT2D eigenvalue weighted by molar-refractivity contribution is 5.32.